The van der Waals surface area contributed by atoms with E-state index < -0.39 is 0 Å². The molecular formula is C12H16O3. The van der Waals surface area contributed by atoms with Gasteiger partial charge in [-0.2, -0.15) is 0 Å². The molecule has 1 aliphatic carbocycles. The number of benzene rings is 1. The predicted molar refractivity (Wildman–Crippen MR) is 58.3 cm³/mol. The molecule has 1 aromatic carbocycles. The predicted octanol–water partition coefficient (Wildman–Crippen LogP) is 2.66. The smallest absolute Gasteiger partial charge is 0.290 e. The van der Waals surface area contributed by atoms with Crippen molar-refractivity contribution in [1.82, 2.24) is 0 Å². The second-order valence-corrected chi connectivity index (χ2v) is 3.51. The maximum atomic E-state index is 8.36. The van der Waals surface area contributed by atoms with Crippen molar-refractivity contribution in [1.29, 1.82) is 0 Å². The zero-order valence-electron chi connectivity index (χ0n) is 8.85. The quantitative estimate of drug-likeness (QED) is 0.760. The first kappa shape index (κ1) is 11.6. The summed E-state index contributed by atoms with van der Waals surface area (Å²) in [5.74, 6) is 1.79. The van der Waals surface area contributed by atoms with E-state index in [9.17, 15) is 0 Å². The minimum Gasteiger partial charge on any atom is -0.497 e. The van der Waals surface area contributed by atoms with Crippen molar-refractivity contribution < 1.29 is 14.6 Å². The molecule has 1 aliphatic rings. The van der Waals surface area contributed by atoms with Crippen LogP contribution in [0.15, 0.2) is 24.3 Å². The van der Waals surface area contributed by atoms with E-state index in [0.717, 1.165) is 11.7 Å². The third-order valence-corrected chi connectivity index (χ3v) is 2.69. The molecule has 0 heterocycles. The minimum absolute atomic E-state index is 0.250. The first-order valence-electron chi connectivity index (χ1n) is 5.03. The normalized spacial score (nSPS) is 14.5. The number of methoxy groups -OCH3 is 1. The van der Waals surface area contributed by atoms with E-state index in [0.29, 0.717) is 0 Å². The lowest BCUT2D eigenvalue weighted by Crippen LogP contribution is -2.08. The van der Waals surface area contributed by atoms with Gasteiger partial charge in [-0.1, -0.05) is 18.6 Å². The second kappa shape index (κ2) is 6.06. The average Bonchev–Trinajstić information content (AvgIpc) is 2.18. The summed E-state index contributed by atoms with van der Waals surface area (Å²) in [4.78, 5) is 8.36. The van der Waals surface area contributed by atoms with Crippen LogP contribution in [0.2, 0.25) is 0 Å². The molecule has 1 aromatic rings. The van der Waals surface area contributed by atoms with Gasteiger partial charge in [-0.25, -0.2) is 0 Å². The fraction of sp³-hybridized carbons (Fsp3) is 0.417. The van der Waals surface area contributed by atoms with E-state index in [1.165, 1.54) is 24.8 Å². The van der Waals surface area contributed by atoms with E-state index in [-0.39, 0.29) is 6.47 Å². The van der Waals surface area contributed by atoms with Crippen LogP contribution in [-0.2, 0) is 4.79 Å². The van der Waals surface area contributed by atoms with Gasteiger partial charge >= 0.3 is 0 Å². The van der Waals surface area contributed by atoms with Gasteiger partial charge in [-0.15, -0.1) is 0 Å². The summed E-state index contributed by atoms with van der Waals surface area (Å²) < 4.78 is 5.10. The summed E-state index contributed by atoms with van der Waals surface area (Å²) in [5.41, 5.74) is 1.47. The van der Waals surface area contributed by atoms with Gasteiger partial charge in [0.25, 0.3) is 6.47 Å². The summed E-state index contributed by atoms with van der Waals surface area (Å²) in [7, 11) is 1.71. The fourth-order valence-electron chi connectivity index (χ4n) is 1.62. The number of carbonyl (C=O) groups is 1. The lowest BCUT2D eigenvalue weighted by Gasteiger charge is -2.25. The van der Waals surface area contributed by atoms with E-state index in [4.69, 9.17) is 14.6 Å². The van der Waals surface area contributed by atoms with Gasteiger partial charge in [0.2, 0.25) is 0 Å². The van der Waals surface area contributed by atoms with Crippen LogP contribution >= 0.6 is 0 Å². The Morgan fingerprint density at radius 3 is 2.20 bits per heavy atom. The zero-order chi connectivity index (χ0) is 11.1. The molecule has 0 aromatic heterocycles. The molecule has 0 aliphatic heterocycles. The molecule has 1 saturated carbocycles. The molecular weight excluding hydrogens is 192 g/mol. The van der Waals surface area contributed by atoms with E-state index in [2.05, 4.69) is 12.1 Å². The molecule has 0 radical (unpaired) electrons. The topological polar surface area (TPSA) is 46.5 Å². The summed E-state index contributed by atoms with van der Waals surface area (Å²) in [6.07, 6.45) is 4.13. The summed E-state index contributed by atoms with van der Waals surface area (Å²) in [5, 5.41) is 6.89. The van der Waals surface area contributed by atoms with Crippen molar-refractivity contribution in [3.63, 3.8) is 0 Å². The van der Waals surface area contributed by atoms with Crippen LogP contribution in [0.3, 0.4) is 0 Å². The summed E-state index contributed by atoms with van der Waals surface area (Å²) in [6.45, 7) is -0.250. The Bertz CT molecular complexity index is 288. The second-order valence-electron chi connectivity index (χ2n) is 3.51. The minimum atomic E-state index is -0.250. The van der Waals surface area contributed by atoms with Gasteiger partial charge in [0.15, 0.2) is 0 Å². The van der Waals surface area contributed by atoms with Gasteiger partial charge in [-0.3, -0.25) is 4.79 Å². The molecule has 2 rings (SSSR count). The molecule has 1 N–H and O–H groups in total. The van der Waals surface area contributed by atoms with E-state index in [1.807, 2.05) is 12.1 Å². The first-order chi connectivity index (χ1) is 7.31. The molecule has 0 saturated heterocycles. The average molecular weight is 208 g/mol. The highest BCUT2D eigenvalue weighted by atomic mass is 16.5. The van der Waals surface area contributed by atoms with E-state index in [1.54, 1.807) is 7.11 Å². The van der Waals surface area contributed by atoms with Gasteiger partial charge in [0.1, 0.15) is 5.75 Å². The zero-order valence-corrected chi connectivity index (χ0v) is 8.85. The Labute approximate surface area is 89.7 Å². The van der Waals surface area contributed by atoms with Gasteiger partial charge in [0, 0.05) is 0 Å². The molecule has 3 nitrogen and oxygen atoms in total. The largest absolute Gasteiger partial charge is 0.497 e. The molecule has 15 heavy (non-hydrogen) atoms. The Morgan fingerprint density at radius 2 is 1.87 bits per heavy atom. The molecule has 0 unspecified atom stereocenters. The maximum Gasteiger partial charge on any atom is 0.290 e. The molecule has 3 heteroatoms. The van der Waals surface area contributed by atoms with E-state index >= 15 is 0 Å². The Balaban J connectivity index is 0.000000337. The Morgan fingerprint density at radius 1 is 1.33 bits per heavy atom. The van der Waals surface area contributed by atoms with Gasteiger partial charge < -0.3 is 9.84 Å². The van der Waals surface area contributed by atoms with Crippen LogP contribution in [-0.4, -0.2) is 18.7 Å². The van der Waals surface area contributed by atoms with Gasteiger partial charge in [-0.05, 0) is 36.5 Å². The molecule has 1 fully saturated rings. The third kappa shape index (κ3) is 3.27. The standard InChI is InChI=1S/C11H14O.CH2O2/c1-12-11-7-5-10(6-8-11)9-3-2-4-9;2-1-3/h5-9H,2-4H2,1H3;1H,(H,2,3). The maximum absolute atomic E-state index is 8.36. The highest BCUT2D eigenvalue weighted by molar-refractivity contribution is 5.32. The monoisotopic (exact) mass is 208 g/mol. The van der Waals surface area contributed by atoms with Crippen molar-refractivity contribution in [2.24, 2.45) is 0 Å². The Hall–Kier alpha value is -1.51. The number of hydrogen-bond donors (Lipinski definition) is 1. The summed E-state index contributed by atoms with van der Waals surface area (Å²) in [6, 6.07) is 8.46. The lowest BCUT2D eigenvalue weighted by atomic mass is 9.80. The van der Waals surface area contributed by atoms with Crippen molar-refractivity contribution in [2.45, 2.75) is 25.2 Å². The highest BCUT2D eigenvalue weighted by Gasteiger charge is 2.18. The van der Waals surface area contributed by atoms with Crippen LogP contribution in [0, 0.1) is 0 Å². The van der Waals surface area contributed by atoms with Crippen LogP contribution in [0.1, 0.15) is 30.7 Å². The van der Waals surface area contributed by atoms with Crippen LogP contribution < -0.4 is 4.74 Å². The molecule has 0 spiro atoms. The van der Waals surface area contributed by atoms with Crippen molar-refractivity contribution >= 4 is 6.47 Å². The molecule has 0 bridgehead atoms. The van der Waals surface area contributed by atoms with Crippen molar-refractivity contribution in [3.05, 3.63) is 29.8 Å². The van der Waals surface area contributed by atoms with Crippen LogP contribution in [0.25, 0.3) is 0 Å². The van der Waals surface area contributed by atoms with Crippen molar-refractivity contribution in [3.8, 4) is 5.75 Å². The number of rotatable bonds is 2. The molecule has 0 amide bonds. The SMILES string of the molecule is COc1ccc(C2CCC2)cc1.O=CO. The summed E-state index contributed by atoms with van der Waals surface area (Å²) >= 11 is 0. The third-order valence-electron chi connectivity index (χ3n) is 2.69. The van der Waals surface area contributed by atoms with Gasteiger partial charge in [0.05, 0.1) is 7.11 Å². The fourth-order valence-corrected chi connectivity index (χ4v) is 1.62. The van der Waals surface area contributed by atoms with Crippen LogP contribution in [0.5, 0.6) is 5.75 Å². The number of hydrogen-bond acceptors (Lipinski definition) is 2. The lowest BCUT2D eigenvalue weighted by molar-refractivity contribution is -0.122. The Kier molecular flexibility index (Phi) is 4.68. The molecule has 0 atom stereocenters. The number of ether oxygens (including phenoxy) is 1. The first-order valence-corrected chi connectivity index (χ1v) is 5.03. The highest BCUT2D eigenvalue weighted by Crippen LogP contribution is 2.36. The van der Waals surface area contributed by atoms with Crippen LogP contribution in [0.4, 0.5) is 0 Å². The molecule has 82 valence electrons. The number of carboxylic acid groups (broad SMARTS) is 1. The van der Waals surface area contributed by atoms with Crippen molar-refractivity contribution in [2.75, 3.05) is 7.11 Å².